The molecule has 0 amide bonds. The second-order valence-corrected chi connectivity index (χ2v) is 8.08. The van der Waals surface area contributed by atoms with E-state index in [4.69, 9.17) is 14.5 Å². The van der Waals surface area contributed by atoms with Crippen LogP contribution in [0.5, 0.6) is 11.5 Å². The summed E-state index contributed by atoms with van der Waals surface area (Å²) in [6, 6.07) is 18.2. The third-order valence-corrected chi connectivity index (χ3v) is 6.03. The molecule has 1 aliphatic carbocycles. The van der Waals surface area contributed by atoms with Gasteiger partial charge in [-0.3, -0.25) is 9.78 Å². The minimum absolute atomic E-state index is 0.224. The van der Waals surface area contributed by atoms with Crippen LogP contribution >= 0.6 is 0 Å². The predicted octanol–water partition coefficient (Wildman–Crippen LogP) is 4.94. The van der Waals surface area contributed by atoms with Crippen LogP contribution in [0.3, 0.4) is 0 Å². The second-order valence-electron chi connectivity index (χ2n) is 8.08. The van der Waals surface area contributed by atoms with Crippen LogP contribution in [0.1, 0.15) is 35.2 Å². The molecule has 4 heteroatoms. The van der Waals surface area contributed by atoms with Crippen molar-refractivity contribution in [1.82, 2.24) is 4.98 Å². The van der Waals surface area contributed by atoms with Gasteiger partial charge in [0.2, 0.25) is 6.79 Å². The first kappa shape index (κ1) is 17.9. The van der Waals surface area contributed by atoms with Gasteiger partial charge in [-0.25, -0.2) is 0 Å². The van der Waals surface area contributed by atoms with E-state index in [1.165, 1.54) is 11.1 Å². The van der Waals surface area contributed by atoms with E-state index in [1.54, 1.807) is 0 Å². The lowest BCUT2D eigenvalue weighted by atomic mass is 9.88. The maximum Gasteiger partial charge on any atom is 0.231 e. The number of carbonyl (C=O) groups excluding carboxylic acids is 1. The van der Waals surface area contributed by atoms with Gasteiger partial charge in [-0.05, 0) is 68.1 Å². The molecule has 1 aromatic heterocycles. The summed E-state index contributed by atoms with van der Waals surface area (Å²) in [6.45, 7) is 4.42. The Balaban J connectivity index is 1.41. The smallest absolute Gasteiger partial charge is 0.231 e. The Kier molecular flexibility index (Phi) is 4.16. The molecule has 2 heterocycles. The topological polar surface area (TPSA) is 48.4 Å². The van der Waals surface area contributed by atoms with Gasteiger partial charge in [0.25, 0.3) is 0 Å². The van der Waals surface area contributed by atoms with Crippen LogP contribution in [0.25, 0.3) is 11.3 Å². The van der Waals surface area contributed by atoms with Crippen LogP contribution in [0.4, 0.5) is 0 Å². The Bertz CT molecular complexity index is 1110. The summed E-state index contributed by atoms with van der Waals surface area (Å²) in [5.41, 5.74) is 5.87. The number of ether oxygens (including phenoxy) is 2. The van der Waals surface area contributed by atoms with Gasteiger partial charge in [0.1, 0.15) is 5.78 Å². The van der Waals surface area contributed by atoms with Gasteiger partial charge in [-0.1, -0.05) is 29.8 Å². The van der Waals surface area contributed by atoms with E-state index in [2.05, 4.69) is 32.0 Å². The molecule has 3 aromatic rings. The lowest BCUT2D eigenvalue weighted by Crippen LogP contribution is -2.23. The van der Waals surface area contributed by atoms with E-state index < -0.39 is 5.41 Å². The number of ketones is 1. The first-order chi connectivity index (χ1) is 14.0. The highest BCUT2D eigenvalue weighted by molar-refractivity contribution is 5.94. The second kappa shape index (κ2) is 6.73. The Morgan fingerprint density at radius 1 is 1.00 bits per heavy atom. The van der Waals surface area contributed by atoms with Crippen molar-refractivity contribution in [3.63, 3.8) is 0 Å². The van der Waals surface area contributed by atoms with Crippen LogP contribution in [0.2, 0.25) is 0 Å². The van der Waals surface area contributed by atoms with Crippen molar-refractivity contribution in [2.45, 2.75) is 38.5 Å². The highest BCUT2D eigenvalue weighted by Crippen LogP contribution is 2.51. The minimum atomic E-state index is -0.405. The average molecular weight is 385 g/mol. The molecule has 0 atom stereocenters. The summed E-state index contributed by atoms with van der Waals surface area (Å²) in [4.78, 5) is 18.1. The Hall–Kier alpha value is -3.14. The molecule has 1 aliphatic heterocycles. The van der Waals surface area contributed by atoms with Crippen LogP contribution in [-0.4, -0.2) is 17.6 Å². The molecule has 4 nitrogen and oxygen atoms in total. The normalized spacial score (nSPS) is 15.9. The number of carbonyl (C=O) groups is 1. The molecule has 2 aliphatic rings. The van der Waals surface area contributed by atoms with Gasteiger partial charge in [0.05, 0.1) is 11.1 Å². The Morgan fingerprint density at radius 2 is 1.83 bits per heavy atom. The quantitative estimate of drug-likeness (QED) is 0.624. The number of nitrogens with zero attached hydrogens (tertiary/aromatic N) is 1. The Morgan fingerprint density at radius 3 is 2.66 bits per heavy atom. The summed E-state index contributed by atoms with van der Waals surface area (Å²) in [6.07, 6.45) is 2.09. The largest absolute Gasteiger partial charge is 0.454 e. The molecular formula is C25H23NO3. The first-order valence-electron chi connectivity index (χ1n) is 10.0. The SMILES string of the molecule is Cc1ccc(C)c(-c2cccc(CC(=O)C3(c4ccc5c(c4)OCO5)CC3)n2)c1. The van der Waals surface area contributed by atoms with Crippen molar-refractivity contribution in [3.8, 4) is 22.8 Å². The van der Waals surface area contributed by atoms with E-state index >= 15 is 0 Å². The summed E-state index contributed by atoms with van der Waals surface area (Å²) in [5.74, 6) is 1.71. The number of hydrogen-bond donors (Lipinski definition) is 0. The highest BCUT2D eigenvalue weighted by Gasteiger charge is 2.50. The number of pyridine rings is 1. The molecule has 0 unspecified atom stereocenters. The van der Waals surface area contributed by atoms with E-state index in [-0.39, 0.29) is 12.6 Å². The molecule has 0 spiro atoms. The molecule has 29 heavy (non-hydrogen) atoms. The van der Waals surface area contributed by atoms with Crippen LogP contribution < -0.4 is 9.47 Å². The van der Waals surface area contributed by atoms with Crippen LogP contribution in [0, 0.1) is 13.8 Å². The fraction of sp³-hybridized carbons (Fsp3) is 0.280. The number of fused-ring (bicyclic) bond motifs is 1. The number of Topliss-reactive ketones (excluding diaryl/α,β-unsaturated/α-hetero) is 1. The van der Waals surface area contributed by atoms with Gasteiger partial charge in [-0.2, -0.15) is 0 Å². The minimum Gasteiger partial charge on any atom is -0.454 e. The van der Waals surface area contributed by atoms with E-state index in [9.17, 15) is 4.79 Å². The maximum atomic E-state index is 13.3. The third-order valence-electron chi connectivity index (χ3n) is 6.03. The summed E-state index contributed by atoms with van der Waals surface area (Å²) >= 11 is 0. The molecule has 0 N–H and O–H groups in total. The van der Waals surface area contributed by atoms with Crippen molar-refractivity contribution in [3.05, 3.63) is 77.0 Å². The maximum absolute atomic E-state index is 13.3. The van der Waals surface area contributed by atoms with Gasteiger partial charge >= 0.3 is 0 Å². The van der Waals surface area contributed by atoms with Crippen molar-refractivity contribution in [1.29, 1.82) is 0 Å². The lowest BCUT2D eigenvalue weighted by Gasteiger charge is -2.15. The number of rotatable bonds is 5. The first-order valence-corrected chi connectivity index (χ1v) is 10.0. The molecule has 0 saturated heterocycles. The number of aromatic nitrogens is 1. The fourth-order valence-electron chi connectivity index (χ4n) is 4.12. The zero-order valence-electron chi connectivity index (χ0n) is 16.7. The number of hydrogen-bond acceptors (Lipinski definition) is 4. The highest BCUT2D eigenvalue weighted by atomic mass is 16.7. The zero-order valence-corrected chi connectivity index (χ0v) is 16.7. The Labute approximate surface area is 170 Å². The van der Waals surface area contributed by atoms with E-state index in [1.807, 2.05) is 36.4 Å². The van der Waals surface area contributed by atoms with Crippen molar-refractivity contribution in [2.24, 2.45) is 0 Å². The van der Waals surface area contributed by atoms with E-state index in [0.717, 1.165) is 46.9 Å². The monoisotopic (exact) mass is 385 g/mol. The molecular weight excluding hydrogens is 362 g/mol. The molecule has 1 fully saturated rings. The summed E-state index contributed by atoms with van der Waals surface area (Å²) in [5, 5.41) is 0. The molecule has 0 bridgehead atoms. The van der Waals surface area contributed by atoms with Crippen molar-refractivity contribution in [2.75, 3.05) is 6.79 Å². The summed E-state index contributed by atoms with van der Waals surface area (Å²) in [7, 11) is 0. The predicted molar refractivity (Wildman–Crippen MR) is 111 cm³/mol. The zero-order chi connectivity index (χ0) is 20.0. The van der Waals surface area contributed by atoms with Crippen LogP contribution in [-0.2, 0) is 16.6 Å². The average Bonchev–Trinajstić information content (AvgIpc) is 3.41. The molecule has 146 valence electrons. The number of benzene rings is 2. The molecule has 5 rings (SSSR count). The summed E-state index contributed by atoms with van der Waals surface area (Å²) < 4.78 is 10.9. The number of aryl methyl sites for hydroxylation is 2. The van der Waals surface area contributed by atoms with Gasteiger partial charge < -0.3 is 9.47 Å². The van der Waals surface area contributed by atoms with Gasteiger partial charge in [0.15, 0.2) is 11.5 Å². The van der Waals surface area contributed by atoms with Gasteiger partial charge in [-0.15, -0.1) is 0 Å². The fourth-order valence-corrected chi connectivity index (χ4v) is 4.12. The molecule has 2 aromatic carbocycles. The van der Waals surface area contributed by atoms with E-state index in [0.29, 0.717) is 6.42 Å². The lowest BCUT2D eigenvalue weighted by molar-refractivity contribution is -0.120. The molecule has 1 saturated carbocycles. The van der Waals surface area contributed by atoms with Gasteiger partial charge in [0, 0.05) is 17.7 Å². The standard InChI is InChI=1S/C25H23NO3/c1-16-6-7-17(2)20(12-16)21-5-3-4-19(26-21)14-24(27)25(10-11-25)18-8-9-22-23(13-18)29-15-28-22/h3-9,12-13H,10-11,14-15H2,1-2H3. The van der Waals surface area contributed by atoms with Crippen LogP contribution in [0.15, 0.2) is 54.6 Å². The van der Waals surface area contributed by atoms with Crippen molar-refractivity contribution < 1.29 is 14.3 Å². The third kappa shape index (κ3) is 3.19. The van der Waals surface area contributed by atoms with Crippen molar-refractivity contribution >= 4 is 5.78 Å². The molecule has 0 radical (unpaired) electrons.